The fraction of sp³-hybridized carbons (Fsp3) is 0.286. The molecule has 8 heteroatoms. The number of aryl methyl sites for hydroxylation is 1. The number of aromatic nitrogens is 1. The summed E-state index contributed by atoms with van der Waals surface area (Å²) in [5.74, 6) is -0.661. The molecule has 0 fully saturated rings. The van der Waals surface area contributed by atoms with Crippen LogP contribution in [0.3, 0.4) is 0 Å². The number of benzene rings is 2. The van der Waals surface area contributed by atoms with Crippen molar-refractivity contribution >= 4 is 34.0 Å². The number of allylic oxidation sites excluding steroid dienone is 2. The lowest BCUT2D eigenvalue weighted by Crippen LogP contribution is -2.33. The molecule has 1 heterocycles. The Morgan fingerprint density at radius 3 is 2.64 bits per heavy atom. The summed E-state index contributed by atoms with van der Waals surface area (Å²) in [6.07, 6.45) is 3.90. The van der Waals surface area contributed by atoms with E-state index in [1.54, 1.807) is 13.1 Å². The molecule has 7 nitrogen and oxygen atoms in total. The zero-order valence-corrected chi connectivity index (χ0v) is 22.2. The summed E-state index contributed by atoms with van der Waals surface area (Å²) in [5, 5.41) is 7.81. The molecule has 2 aromatic carbocycles. The lowest BCUT2D eigenvalue weighted by molar-refractivity contribution is -0.115. The zero-order chi connectivity index (χ0) is 26.3. The lowest BCUT2D eigenvalue weighted by atomic mass is 9.81. The van der Waals surface area contributed by atoms with Crippen LogP contribution in [-0.2, 0) is 10.2 Å². The minimum absolute atomic E-state index is 0.160. The summed E-state index contributed by atoms with van der Waals surface area (Å²) in [5.41, 5.74) is 11.8. The molecular weight excluding hydrogens is 470 g/mol. The molecule has 188 valence electrons. The van der Waals surface area contributed by atoms with Gasteiger partial charge in [0.2, 0.25) is 5.91 Å². The number of carbonyl (C=O) groups excluding carboxylic acids is 2. The van der Waals surface area contributed by atoms with Crippen molar-refractivity contribution in [1.82, 2.24) is 10.3 Å². The molecule has 3 rings (SSSR count). The van der Waals surface area contributed by atoms with Crippen molar-refractivity contribution < 1.29 is 9.59 Å². The Balaban J connectivity index is 1.63. The highest BCUT2D eigenvalue weighted by Crippen LogP contribution is 2.27. The molecule has 0 aliphatic heterocycles. The summed E-state index contributed by atoms with van der Waals surface area (Å²) in [6, 6.07) is 13.4. The zero-order valence-electron chi connectivity index (χ0n) is 21.4. The molecule has 0 saturated heterocycles. The molecule has 0 spiro atoms. The Kier molecular flexibility index (Phi) is 8.90. The number of aliphatic imine (C=N–C) groups is 1. The predicted molar refractivity (Wildman–Crippen MR) is 149 cm³/mol. The molecule has 3 aromatic rings. The number of hydrogen-bond donors (Lipinski definition) is 3. The smallest absolute Gasteiger partial charge is 0.251 e. The van der Waals surface area contributed by atoms with Crippen LogP contribution < -0.4 is 16.4 Å². The molecule has 0 atom stereocenters. The molecule has 4 N–H and O–H groups in total. The van der Waals surface area contributed by atoms with E-state index in [1.807, 2.05) is 81.6 Å². The van der Waals surface area contributed by atoms with Crippen LogP contribution in [0.5, 0.6) is 0 Å². The second-order valence-electron chi connectivity index (χ2n) is 9.08. The highest BCUT2D eigenvalue weighted by Gasteiger charge is 2.22. The highest BCUT2D eigenvalue weighted by molar-refractivity contribution is 7.14. The maximum absolute atomic E-state index is 12.7. The van der Waals surface area contributed by atoms with Crippen LogP contribution in [-0.4, -0.2) is 42.6 Å². The van der Waals surface area contributed by atoms with Gasteiger partial charge in [-0.1, -0.05) is 44.2 Å². The van der Waals surface area contributed by atoms with Gasteiger partial charge in [0.15, 0.2) is 5.13 Å². The molecule has 36 heavy (non-hydrogen) atoms. The Morgan fingerprint density at radius 1 is 1.17 bits per heavy atom. The van der Waals surface area contributed by atoms with Gasteiger partial charge < -0.3 is 16.4 Å². The molecule has 2 amide bonds. The predicted octanol–water partition coefficient (Wildman–Crippen LogP) is 4.72. The summed E-state index contributed by atoms with van der Waals surface area (Å²) >= 11 is 1.33. The van der Waals surface area contributed by atoms with Crippen LogP contribution in [0, 0.1) is 6.92 Å². The van der Waals surface area contributed by atoms with Crippen molar-refractivity contribution in [1.29, 1.82) is 0 Å². The van der Waals surface area contributed by atoms with Crippen LogP contribution >= 0.6 is 11.3 Å². The average Bonchev–Trinajstić information content (AvgIpc) is 3.34. The molecule has 0 aliphatic rings. The third kappa shape index (κ3) is 6.53. The third-order valence-electron chi connectivity index (χ3n) is 5.92. The Bertz CT molecular complexity index is 1310. The molecule has 0 bridgehead atoms. The first-order valence-electron chi connectivity index (χ1n) is 11.7. The van der Waals surface area contributed by atoms with E-state index in [9.17, 15) is 9.59 Å². The SMILES string of the molecule is C/C=C\C(=N/C)c1cccc(-c2csc(NC(=O)CNC(=O)c3ccc(C)c(C(C)(C)CN)c3)n2)c1. The number of carbonyl (C=O) groups is 2. The summed E-state index contributed by atoms with van der Waals surface area (Å²) in [4.78, 5) is 34.0. The maximum Gasteiger partial charge on any atom is 0.251 e. The van der Waals surface area contributed by atoms with Gasteiger partial charge in [-0.2, -0.15) is 0 Å². The number of nitrogens with one attached hydrogen (secondary N) is 2. The second-order valence-corrected chi connectivity index (χ2v) is 9.93. The van der Waals surface area contributed by atoms with Gasteiger partial charge in [0, 0.05) is 41.1 Å². The van der Waals surface area contributed by atoms with Crippen molar-refractivity contribution in [2.75, 3.05) is 25.5 Å². The quantitative estimate of drug-likeness (QED) is 0.367. The highest BCUT2D eigenvalue weighted by atomic mass is 32.1. The van der Waals surface area contributed by atoms with Gasteiger partial charge in [0.05, 0.1) is 18.0 Å². The van der Waals surface area contributed by atoms with Gasteiger partial charge >= 0.3 is 0 Å². The monoisotopic (exact) mass is 503 g/mol. The number of nitrogens with two attached hydrogens (primary N) is 1. The van der Waals surface area contributed by atoms with Gasteiger partial charge in [-0.15, -0.1) is 11.3 Å². The molecule has 0 aliphatic carbocycles. The molecule has 1 aromatic heterocycles. The van der Waals surface area contributed by atoms with E-state index < -0.39 is 0 Å². The average molecular weight is 504 g/mol. The number of amides is 2. The second kappa shape index (κ2) is 11.9. The Hall–Kier alpha value is -3.62. The third-order valence-corrected chi connectivity index (χ3v) is 6.68. The summed E-state index contributed by atoms with van der Waals surface area (Å²) in [7, 11) is 1.76. The Morgan fingerprint density at radius 2 is 1.94 bits per heavy atom. The number of anilines is 1. The first-order valence-corrected chi connectivity index (χ1v) is 12.6. The van der Waals surface area contributed by atoms with E-state index in [-0.39, 0.29) is 23.8 Å². The van der Waals surface area contributed by atoms with Crippen LogP contribution in [0.25, 0.3) is 11.3 Å². The van der Waals surface area contributed by atoms with Crippen molar-refractivity contribution in [3.63, 3.8) is 0 Å². The fourth-order valence-corrected chi connectivity index (χ4v) is 4.52. The number of rotatable bonds is 9. The van der Waals surface area contributed by atoms with Gasteiger partial charge in [-0.05, 0) is 49.2 Å². The van der Waals surface area contributed by atoms with Crippen LogP contribution in [0.2, 0.25) is 0 Å². The van der Waals surface area contributed by atoms with E-state index in [0.29, 0.717) is 17.2 Å². The largest absolute Gasteiger partial charge is 0.343 e. The van der Waals surface area contributed by atoms with Gasteiger partial charge in [0.25, 0.3) is 5.91 Å². The fourth-order valence-electron chi connectivity index (χ4n) is 3.79. The van der Waals surface area contributed by atoms with E-state index >= 15 is 0 Å². The van der Waals surface area contributed by atoms with E-state index in [2.05, 4.69) is 20.6 Å². The van der Waals surface area contributed by atoms with Gasteiger partial charge in [-0.25, -0.2) is 4.98 Å². The number of thiazole rings is 1. The van der Waals surface area contributed by atoms with Crippen LogP contribution in [0.1, 0.15) is 47.8 Å². The van der Waals surface area contributed by atoms with Crippen LogP contribution in [0.15, 0.2) is 65.0 Å². The van der Waals surface area contributed by atoms with Crippen LogP contribution in [0.4, 0.5) is 5.13 Å². The van der Waals surface area contributed by atoms with Gasteiger partial charge in [0.1, 0.15) is 0 Å². The standard InChI is InChI=1S/C28H33N5O2S/c1-6-8-23(30-5)19-9-7-10-20(13-19)24-16-36-27(32-24)33-25(34)15-31-26(35)21-12-11-18(2)22(14-21)28(3,4)17-29/h6-14,16H,15,17,29H2,1-5H3,(H,31,35)(H,32,33,34)/b8-6-,30-23+. The van der Waals surface area contributed by atoms with Gasteiger partial charge in [-0.3, -0.25) is 14.6 Å². The maximum atomic E-state index is 12.7. The number of hydrogen-bond acceptors (Lipinski definition) is 6. The van der Waals surface area contributed by atoms with Crippen molar-refractivity contribution in [2.24, 2.45) is 10.7 Å². The first kappa shape index (κ1) is 27.0. The van der Waals surface area contributed by atoms with E-state index in [1.165, 1.54) is 11.3 Å². The summed E-state index contributed by atoms with van der Waals surface area (Å²) in [6.45, 7) is 8.34. The molecule has 0 saturated carbocycles. The molecule has 0 unspecified atom stereocenters. The van der Waals surface area contributed by atoms with E-state index in [4.69, 9.17) is 5.73 Å². The minimum atomic E-state index is -0.346. The summed E-state index contributed by atoms with van der Waals surface area (Å²) < 4.78 is 0. The topological polar surface area (TPSA) is 109 Å². The van der Waals surface area contributed by atoms with E-state index in [0.717, 1.165) is 33.7 Å². The number of nitrogens with zero attached hydrogens (tertiary/aromatic N) is 2. The minimum Gasteiger partial charge on any atom is -0.343 e. The van der Waals surface area contributed by atoms with Crippen molar-refractivity contribution in [2.45, 2.75) is 33.1 Å². The first-order chi connectivity index (χ1) is 17.2. The Labute approximate surface area is 216 Å². The molecule has 0 radical (unpaired) electrons. The van der Waals surface area contributed by atoms with Crippen molar-refractivity contribution in [3.8, 4) is 11.3 Å². The lowest BCUT2D eigenvalue weighted by Gasteiger charge is -2.25. The normalized spacial score (nSPS) is 12.1. The molecular formula is C28H33N5O2S. The van der Waals surface area contributed by atoms with Crippen molar-refractivity contribution in [3.05, 3.63) is 82.3 Å².